The van der Waals surface area contributed by atoms with Gasteiger partial charge in [-0.25, -0.2) is 9.37 Å². The number of hydrogen-bond acceptors (Lipinski definition) is 4. The number of thiazole rings is 1. The number of halogens is 1. The number of aryl methyl sites for hydroxylation is 1. The predicted molar refractivity (Wildman–Crippen MR) is 75.8 cm³/mol. The molecule has 0 saturated carbocycles. The quantitative estimate of drug-likeness (QED) is 0.905. The lowest BCUT2D eigenvalue weighted by Crippen LogP contribution is -2.35. The molecule has 1 aromatic carbocycles. The van der Waals surface area contributed by atoms with Crippen LogP contribution in [0.1, 0.15) is 25.3 Å². The maximum absolute atomic E-state index is 13.4. The fraction of sp³-hybridized carbons (Fsp3) is 0.385. The van der Waals surface area contributed by atoms with Crippen molar-refractivity contribution in [1.29, 1.82) is 0 Å². The standard InChI is InChI=1S/C13H16FN3OS/c1-3-4-9(15)12(18)17-13-16-11-7(2)8(14)5-6-10(11)19-13/h5-6,9H,3-4,15H2,1-2H3,(H,16,17,18). The van der Waals surface area contributed by atoms with E-state index in [0.29, 0.717) is 22.6 Å². The molecular weight excluding hydrogens is 265 g/mol. The summed E-state index contributed by atoms with van der Waals surface area (Å²) in [6, 6.07) is 2.54. The molecule has 0 spiro atoms. The first-order valence-corrected chi connectivity index (χ1v) is 6.96. The van der Waals surface area contributed by atoms with Crippen LogP contribution in [-0.2, 0) is 4.79 Å². The number of nitrogens with zero attached hydrogens (tertiary/aromatic N) is 1. The molecule has 6 heteroatoms. The Kier molecular flexibility index (Phi) is 4.11. The van der Waals surface area contributed by atoms with Crippen LogP contribution in [0.25, 0.3) is 10.2 Å². The van der Waals surface area contributed by atoms with Crippen molar-refractivity contribution < 1.29 is 9.18 Å². The second-order valence-corrected chi connectivity index (χ2v) is 5.45. The zero-order chi connectivity index (χ0) is 14.0. The average Bonchev–Trinajstić information content (AvgIpc) is 2.77. The third kappa shape index (κ3) is 2.90. The van der Waals surface area contributed by atoms with Crippen LogP contribution in [0.2, 0.25) is 0 Å². The zero-order valence-electron chi connectivity index (χ0n) is 10.9. The minimum Gasteiger partial charge on any atom is -0.320 e. The lowest BCUT2D eigenvalue weighted by Gasteiger charge is -2.08. The minimum absolute atomic E-state index is 0.251. The third-order valence-corrected chi connectivity index (χ3v) is 3.85. The van der Waals surface area contributed by atoms with Gasteiger partial charge in [0, 0.05) is 5.56 Å². The zero-order valence-corrected chi connectivity index (χ0v) is 11.7. The van der Waals surface area contributed by atoms with Crippen LogP contribution in [0.4, 0.5) is 9.52 Å². The smallest absolute Gasteiger partial charge is 0.243 e. The molecule has 1 heterocycles. The lowest BCUT2D eigenvalue weighted by molar-refractivity contribution is -0.117. The fourth-order valence-corrected chi connectivity index (χ4v) is 2.72. The number of anilines is 1. The number of rotatable bonds is 4. The van der Waals surface area contributed by atoms with Gasteiger partial charge >= 0.3 is 0 Å². The Morgan fingerprint density at radius 1 is 1.58 bits per heavy atom. The summed E-state index contributed by atoms with van der Waals surface area (Å²) in [5.74, 6) is -0.544. The van der Waals surface area contributed by atoms with E-state index in [-0.39, 0.29) is 11.7 Å². The van der Waals surface area contributed by atoms with Gasteiger partial charge in [0.15, 0.2) is 5.13 Å². The van der Waals surface area contributed by atoms with Gasteiger partial charge in [0.1, 0.15) is 5.82 Å². The fourth-order valence-electron chi connectivity index (χ4n) is 1.79. The molecule has 0 fully saturated rings. The highest BCUT2D eigenvalue weighted by Gasteiger charge is 2.15. The molecule has 1 unspecified atom stereocenters. The summed E-state index contributed by atoms with van der Waals surface area (Å²) < 4.78 is 14.3. The second-order valence-electron chi connectivity index (χ2n) is 4.42. The maximum atomic E-state index is 13.4. The van der Waals surface area contributed by atoms with Crippen LogP contribution in [0.5, 0.6) is 0 Å². The number of aromatic nitrogens is 1. The Balaban J connectivity index is 2.23. The summed E-state index contributed by atoms with van der Waals surface area (Å²) in [6.07, 6.45) is 1.48. The lowest BCUT2D eigenvalue weighted by atomic mass is 10.2. The van der Waals surface area contributed by atoms with Crippen molar-refractivity contribution in [2.45, 2.75) is 32.7 Å². The Bertz CT molecular complexity index is 611. The highest BCUT2D eigenvalue weighted by atomic mass is 32.1. The van der Waals surface area contributed by atoms with Crippen molar-refractivity contribution >= 4 is 32.6 Å². The summed E-state index contributed by atoms with van der Waals surface area (Å²) in [6.45, 7) is 3.64. The van der Waals surface area contributed by atoms with Crippen LogP contribution in [0, 0.1) is 12.7 Å². The van der Waals surface area contributed by atoms with Gasteiger partial charge in [-0.15, -0.1) is 0 Å². The summed E-state index contributed by atoms with van der Waals surface area (Å²) in [4.78, 5) is 16.0. The Morgan fingerprint density at radius 3 is 3.00 bits per heavy atom. The van der Waals surface area contributed by atoms with E-state index in [1.165, 1.54) is 17.4 Å². The topological polar surface area (TPSA) is 68.0 Å². The van der Waals surface area contributed by atoms with Gasteiger partial charge in [0.2, 0.25) is 5.91 Å². The van der Waals surface area contributed by atoms with E-state index in [0.717, 1.165) is 11.1 Å². The Hall–Kier alpha value is -1.53. The van der Waals surface area contributed by atoms with Crippen molar-refractivity contribution in [2.75, 3.05) is 5.32 Å². The van der Waals surface area contributed by atoms with Crippen LogP contribution in [0.15, 0.2) is 12.1 Å². The van der Waals surface area contributed by atoms with Crippen LogP contribution in [0.3, 0.4) is 0 Å². The van der Waals surface area contributed by atoms with Gasteiger partial charge in [-0.05, 0) is 25.5 Å². The van der Waals surface area contributed by atoms with Crippen molar-refractivity contribution in [3.05, 3.63) is 23.5 Å². The maximum Gasteiger partial charge on any atom is 0.243 e. The number of fused-ring (bicyclic) bond motifs is 1. The van der Waals surface area contributed by atoms with E-state index in [4.69, 9.17) is 5.73 Å². The highest BCUT2D eigenvalue weighted by Crippen LogP contribution is 2.29. The SMILES string of the molecule is CCCC(N)C(=O)Nc1nc2c(C)c(F)ccc2s1. The molecule has 0 aliphatic heterocycles. The first-order valence-electron chi connectivity index (χ1n) is 6.15. The number of carbonyl (C=O) groups is 1. The van der Waals surface area contributed by atoms with Gasteiger partial charge in [-0.2, -0.15) is 0 Å². The van der Waals surface area contributed by atoms with Gasteiger partial charge in [-0.1, -0.05) is 24.7 Å². The second kappa shape index (κ2) is 5.63. The molecule has 102 valence electrons. The number of carbonyl (C=O) groups excluding carboxylic acids is 1. The average molecular weight is 281 g/mol. The van der Waals surface area contributed by atoms with Crippen LogP contribution in [-0.4, -0.2) is 16.9 Å². The molecule has 1 amide bonds. The molecule has 4 nitrogen and oxygen atoms in total. The normalized spacial score (nSPS) is 12.6. The van der Waals surface area contributed by atoms with E-state index >= 15 is 0 Å². The molecule has 0 aliphatic rings. The molecule has 3 N–H and O–H groups in total. The van der Waals surface area contributed by atoms with Crippen molar-refractivity contribution in [2.24, 2.45) is 5.73 Å². The largest absolute Gasteiger partial charge is 0.320 e. The molecule has 19 heavy (non-hydrogen) atoms. The molecule has 0 bridgehead atoms. The molecule has 1 aromatic heterocycles. The molecule has 0 aliphatic carbocycles. The van der Waals surface area contributed by atoms with Crippen LogP contribution < -0.4 is 11.1 Å². The number of nitrogens with one attached hydrogen (secondary N) is 1. The van der Waals surface area contributed by atoms with E-state index < -0.39 is 6.04 Å². The summed E-state index contributed by atoms with van der Waals surface area (Å²) in [5.41, 5.74) is 6.81. The first kappa shape index (κ1) is 13.9. The Morgan fingerprint density at radius 2 is 2.32 bits per heavy atom. The van der Waals surface area contributed by atoms with E-state index in [1.54, 1.807) is 13.0 Å². The number of nitrogens with two attached hydrogens (primary N) is 1. The van der Waals surface area contributed by atoms with Crippen molar-refractivity contribution in [1.82, 2.24) is 4.98 Å². The number of benzene rings is 1. The third-order valence-electron chi connectivity index (χ3n) is 2.91. The molecule has 1 atom stereocenters. The molecule has 0 radical (unpaired) electrons. The summed E-state index contributed by atoms with van der Waals surface area (Å²) in [7, 11) is 0. The minimum atomic E-state index is -0.533. The van der Waals surface area contributed by atoms with E-state index in [2.05, 4.69) is 10.3 Å². The van der Waals surface area contributed by atoms with Crippen LogP contribution >= 0.6 is 11.3 Å². The van der Waals surface area contributed by atoms with Gasteiger partial charge < -0.3 is 11.1 Å². The highest BCUT2D eigenvalue weighted by molar-refractivity contribution is 7.22. The summed E-state index contributed by atoms with van der Waals surface area (Å²) >= 11 is 1.32. The van der Waals surface area contributed by atoms with Gasteiger partial charge in [0.25, 0.3) is 0 Å². The van der Waals surface area contributed by atoms with Crippen molar-refractivity contribution in [3.8, 4) is 0 Å². The monoisotopic (exact) mass is 281 g/mol. The molecular formula is C13H16FN3OS. The molecule has 0 saturated heterocycles. The number of amides is 1. The first-order chi connectivity index (χ1) is 9.02. The Labute approximate surface area is 114 Å². The summed E-state index contributed by atoms with van der Waals surface area (Å²) in [5, 5.41) is 3.14. The number of hydrogen-bond donors (Lipinski definition) is 2. The molecule has 2 aromatic rings. The predicted octanol–water partition coefficient (Wildman–Crippen LogP) is 2.81. The van der Waals surface area contributed by atoms with E-state index in [1.807, 2.05) is 6.92 Å². The van der Waals surface area contributed by atoms with Gasteiger partial charge in [-0.3, -0.25) is 4.79 Å². The van der Waals surface area contributed by atoms with Crippen molar-refractivity contribution in [3.63, 3.8) is 0 Å². The molecule has 2 rings (SSSR count). The van der Waals surface area contributed by atoms with E-state index in [9.17, 15) is 9.18 Å². The van der Waals surface area contributed by atoms with Gasteiger partial charge in [0.05, 0.1) is 16.3 Å².